The molecular weight excluding hydrogens is 647 g/mol. The van der Waals surface area contributed by atoms with Crippen LogP contribution < -0.4 is 0 Å². The van der Waals surface area contributed by atoms with Crippen LogP contribution in [0.3, 0.4) is 0 Å². The quantitative estimate of drug-likeness (QED) is 0.128. The van der Waals surface area contributed by atoms with E-state index in [0.717, 1.165) is 12.8 Å². The zero-order valence-corrected chi connectivity index (χ0v) is 30.5. The van der Waals surface area contributed by atoms with E-state index in [4.69, 9.17) is 17.0 Å². The van der Waals surface area contributed by atoms with Crippen molar-refractivity contribution in [2.45, 2.75) is 53.6 Å². The third-order valence-electron chi connectivity index (χ3n) is 7.53. The number of hydrogen-bond acceptors (Lipinski definition) is 0. The molecule has 42 heavy (non-hydrogen) atoms. The van der Waals surface area contributed by atoms with Crippen molar-refractivity contribution in [3.8, 4) is 0 Å². The fraction of sp³-hybridized carbons (Fsp3) is 0.211. The molecule has 0 fully saturated rings. The third kappa shape index (κ3) is 8.90. The summed E-state index contributed by atoms with van der Waals surface area (Å²) in [7, 11) is 11.2. The average molecular weight is 687 g/mol. The van der Waals surface area contributed by atoms with Crippen LogP contribution in [-0.4, -0.2) is 5.43 Å². The Morgan fingerprint density at radius 3 is 1.26 bits per heavy atom. The van der Waals surface area contributed by atoms with E-state index in [1.54, 1.807) is 0 Å². The van der Waals surface area contributed by atoms with Gasteiger partial charge in [0.2, 0.25) is 0 Å². The molecule has 0 amide bonds. The maximum atomic E-state index is 5.62. The maximum absolute atomic E-state index is 5.62. The Kier molecular flexibility index (Phi) is 12.1. The van der Waals surface area contributed by atoms with Crippen molar-refractivity contribution >= 4 is 44.0 Å². The summed E-state index contributed by atoms with van der Waals surface area (Å²) in [6.07, 6.45) is 2.03. The van der Waals surface area contributed by atoms with Crippen LogP contribution in [0.1, 0.15) is 44.5 Å². The first-order valence-electron chi connectivity index (χ1n) is 14.5. The van der Waals surface area contributed by atoms with Crippen molar-refractivity contribution in [1.29, 1.82) is 0 Å². The fourth-order valence-electron chi connectivity index (χ4n) is 5.24. The smallest absolute Gasteiger partial charge is 0.0115 e. The van der Waals surface area contributed by atoms with Gasteiger partial charge in [-0.1, -0.05) is 112 Å². The SMILES string of the molecule is C[Si](C)=[Zr]([Cl])[Cl].Cc1cc2c(Cc3ccccc3)ccc(C)c2[cH-]1.Cc1cc2c(Cc3ccccc3)ccc(C)c2[cH-]1. The van der Waals surface area contributed by atoms with Gasteiger partial charge in [0, 0.05) is 0 Å². The largest absolute Gasteiger partial charge is 0.165 e. The summed E-state index contributed by atoms with van der Waals surface area (Å²) in [5, 5.41) is 5.63. The van der Waals surface area contributed by atoms with Gasteiger partial charge in [-0.05, 0) is 24.0 Å². The van der Waals surface area contributed by atoms with Crippen LogP contribution in [0.4, 0.5) is 0 Å². The second kappa shape index (κ2) is 15.5. The zero-order chi connectivity index (χ0) is 30.2. The number of hydrogen-bond donors (Lipinski definition) is 0. The number of halogens is 2. The summed E-state index contributed by atoms with van der Waals surface area (Å²) in [5.41, 5.74) is 10.8. The minimum Gasteiger partial charge on any atom is -0.165 e. The minimum absolute atomic E-state index is 0.224. The summed E-state index contributed by atoms with van der Waals surface area (Å²) in [4.78, 5) is 0. The Hall–Kier alpha value is -2.22. The van der Waals surface area contributed by atoms with Gasteiger partial charge >= 0.3 is 53.5 Å². The Balaban J connectivity index is 0.000000162. The van der Waals surface area contributed by atoms with Crippen molar-refractivity contribution in [1.82, 2.24) is 0 Å². The molecule has 0 aromatic heterocycles. The van der Waals surface area contributed by atoms with E-state index in [9.17, 15) is 0 Å². The fourth-order valence-corrected chi connectivity index (χ4v) is 5.24. The van der Waals surface area contributed by atoms with Crippen molar-refractivity contribution in [2.75, 3.05) is 0 Å². The van der Waals surface area contributed by atoms with Crippen LogP contribution in [-0.2, 0) is 30.8 Å². The topological polar surface area (TPSA) is 0 Å². The van der Waals surface area contributed by atoms with Crippen LogP contribution in [0.2, 0.25) is 13.1 Å². The first-order valence-corrected chi connectivity index (χ1v) is 27.0. The molecule has 0 atom stereocenters. The summed E-state index contributed by atoms with van der Waals surface area (Å²) in [6, 6.07) is 39.6. The van der Waals surface area contributed by atoms with E-state index in [0.29, 0.717) is 0 Å². The standard InChI is InChI=1S/2C18H17.C2H6Si.2ClH.Zr/c2*1-13-10-17-14(2)8-9-16(18(17)11-13)12-15-6-4-3-5-7-15;1-3-2;;;/h2*3-11H,12H2,1-2H3;1-2H3;2*1H;/q2*-1;;;;+2/p-2. The van der Waals surface area contributed by atoms with Crippen molar-refractivity contribution < 1.29 is 18.0 Å². The molecule has 0 spiro atoms. The summed E-state index contributed by atoms with van der Waals surface area (Å²) < 4.78 is 0. The van der Waals surface area contributed by atoms with E-state index in [1.807, 2.05) is 0 Å². The first kappa shape index (κ1) is 32.7. The van der Waals surface area contributed by atoms with E-state index in [1.165, 1.54) is 66.1 Å². The van der Waals surface area contributed by atoms with Gasteiger partial charge in [-0.2, -0.15) is 12.1 Å². The summed E-state index contributed by atoms with van der Waals surface area (Å²) >= 11 is -1.65. The molecule has 6 rings (SSSR count). The monoisotopic (exact) mass is 684 g/mol. The molecule has 0 radical (unpaired) electrons. The molecule has 4 heteroatoms. The second-order valence-electron chi connectivity index (χ2n) is 11.4. The van der Waals surface area contributed by atoms with Gasteiger partial charge in [0.1, 0.15) is 0 Å². The molecule has 6 aromatic carbocycles. The van der Waals surface area contributed by atoms with Gasteiger partial charge in [0.25, 0.3) is 0 Å². The van der Waals surface area contributed by atoms with Crippen LogP contribution >= 0.6 is 17.0 Å². The van der Waals surface area contributed by atoms with Crippen LogP contribution in [0.15, 0.2) is 109 Å². The van der Waals surface area contributed by atoms with E-state index < -0.39 is 18.0 Å². The van der Waals surface area contributed by atoms with Crippen LogP contribution in [0, 0.1) is 27.7 Å². The molecule has 0 N–H and O–H groups in total. The number of aryl methyl sites for hydroxylation is 4. The molecule has 0 saturated heterocycles. The third-order valence-corrected chi connectivity index (χ3v) is 27.3. The molecule has 0 saturated carbocycles. The molecule has 0 aliphatic heterocycles. The maximum Gasteiger partial charge on any atom is -0.0115 e. The molecule has 0 unspecified atom stereocenters. The summed E-state index contributed by atoms with van der Waals surface area (Å²) in [6.45, 7) is 13.1. The van der Waals surface area contributed by atoms with E-state index >= 15 is 0 Å². The molecular formula is C38H40Cl2SiZr-2. The predicted molar refractivity (Wildman–Crippen MR) is 186 cm³/mol. The number of rotatable bonds is 4. The van der Waals surface area contributed by atoms with Crippen LogP contribution in [0.5, 0.6) is 0 Å². The van der Waals surface area contributed by atoms with Crippen LogP contribution in [0.25, 0.3) is 21.5 Å². The summed E-state index contributed by atoms with van der Waals surface area (Å²) in [5.74, 6) is 0. The minimum atomic E-state index is -1.65. The van der Waals surface area contributed by atoms with Gasteiger partial charge in [-0.15, -0.1) is 68.1 Å². The molecule has 216 valence electrons. The van der Waals surface area contributed by atoms with Gasteiger partial charge in [0.05, 0.1) is 0 Å². The Labute approximate surface area is 267 Å². The van der Waals surface area contributed by atoms with Crippen molar-refractivity contribution in [2.24, 2.45) is 0 Å². The zero-order valence-electron chi connectivity index (χ0n) is 25.6. The Bertz CT molecular complexity index is 1650. The van der Waals surface area contributed by atoms with E-state index in [-0.39, 0.29) is 5.43 Å². The molecule has 6 aromatic rings. The molecule has 0 bridgehead atoms. The molecule has 0 nitrogen and oxygen atoms in total. The second-order valence-corrected chi connectivity index (χ2v) is 34.4. The van der Waals surface area contributed by atoms with Gasteiger partial charge in [-0.3, -0.25) is 0 Å². The molecule has 0 aliphatic rings. The van der Waals surface area contributed by atoms with Gasteiger partial charge in [-0.25, -0.2) is 0 Å². The van der Waals surface area contributed by atoms with Crippen molar-refractivity contribution in [3.63, 3.8) is 0 Å². The normalized spacial score (nSPS) is 10.6. The average Bonchev–Trinajstić information content (AvgIpc) is 3.57. The molecule has 0 heterocycles. The Morgan fingerprint density at radius 1 is 0.571 bits per heavy atom. The molecule has 0 aliphatic carbocycles. The number of benzene rings is 4. The van der Waals surface area contributed by atoms with Gasteiger partial charge in [0.15, 0.2) is 0 Å². The number of fused-ring (bicyclic) bond motifs is 2. The van der Waals surface area contributed by atoms with E-state index in [2.05, 4.69) is 150 Å². The van der Waals surface area contributed by atoms with Crippen molar-refractivity contribution in [3.05, 3.63) is 154 Å². The van der Waals surface area contributed by atoms with Gasteiger partial charge < -0.3 is 0 Å². The Morgan fingerprint density at radius 2 is 0.929 bits per heavy atom. The first-order chi connectivity index (χ1) is 20.1. The predicted octanol–water partition coefficient (Wildman–Crippen LogP) is 11.7.